The first-order chi connectivity index (χ1) is 16.3. The number of rotatable bonds is 6. The molecule has 1 atom stereocenters. The Bertz CT molecular complexity index is 1450. The van der Waals surface area contributed by atoms with Gasteiger partial charge in [-0.15, -0.1) is 0 Å². The van der Waals surface area contributed by atoms with Crippen molar-refractivity contribution in [1.82, 2.24) is 4.98 Å². The van der Waals surface area contributed by atoms with Gasteiger partial charge in [0.15, 0.2) is 0 Å². The van der Waals surface area contributed by atoms with Gasteiger partial charge in [-0.05, 0) is 77.7 Å². The molecule has 4 N–H and O–H groups in total. The van der Waals surface area contributed by atoms with Crippen LogP contribution in [-0.4, -0.2) is 15.1 Å². The van der Waals surface area contributed by atoms with Gasteiger partial charge in [0, 0.05) is 18.0 Å². The molecule has 0 aliphatic carbocycles. The smallest absolute Gasteiger partial charge is 0.255 e. The summed E-state index contributed by atoms with van der Waals surface area (Å²) in [5.74, 6) is -0.734. The number of nitrogens with one attached hydrogen (secondary N) is 2. The zero-order valence-corrected chi connectivity index (χ0v) is 19.2. The van der Waals surface area contributed by atoms with Crippen LogP contribution in [0.4, 0.5) is 15.8 Å². The van der Waals surface area contributed by atoms with Crippen molar-refractivity contribution in [3.05, 3.63) is 102 Å². The van der Waals surface area contributed by atoms with Crippen LogP contribution >= 0.6 is 0 Å². The van der Waals surface area contributed by atoms with E-state index in [0.717, 1.165) is 23.1 Å². The molecule has 0 saturated heterocycles. The normalized spacial score (nSPS) is 12.6. The van der Waals surface area contributed by atoms with Crippen molar-refractivity contribution in [2.45, 2.75) is 23.1 Å². The molecule has 1 aromatic heterocycles. The van der Waals surface area contributed by atoms with E-state index in [4.69, 9.17) is 10.5 Å². The second-order valence-corrected chi connectivity index (χ2v) is 9.78. The topological polar surface area (TPSA) is 109 Å². The number of hydrogen-bond donors (Lipinski definition) is 3. The summed E-state index contributed by atoms with van der Waals surface area (Å²) in [7, 11) is -3.26. The molecule has 0 aliphatic heterocycles. The van der Waals surface area contributed by atoms with Gasteiger partial charge in [-0.1, -0.05) is 25.1 Å². The Morgan fingerprint density at radius 3 is 2.32 bits per heavy atom. The summed E-state index contributed by atoms with van der Waals surface area (Å²) in [6.45, 7) is 1.96. The first kappa shape index (κ1) is 23.1. The molecule has 4 aromatic rings. The summed E-state index contributed by atoms with van der Waals surface area (Å²) in [5, 5.41) is 2.79. The molecule has 34 heavy (non-hydrogen) atoms. The second-order valence-electron chi connectivity index (χ2n) is 7.73. The third kappa shape index (κ3) is 4.82. The van der Waals surface area contributed by atoms with Crippen LogP contribution < -0.4 is 11.1 Å². The Kier molecular flexibility index (Phi) is 6.43. The SMILES string of the molecule is CCc1cncc(S(=N)(=O)c2ccc(C(=O)Nc3cc(-c4ccc(F)cc4)ccc3N)cc2)c1. The Morgan fingerprint density at radius 2 is 1.65 bits per heavy atom. The maximum atomic E-state index is 13.2. The van der Waals surface area contributed by atoms with E-state index >= 15 is 0 Å². The highest BCUT2D eigenvalue weighted by Gasteiger charge is 2.16. The molecular formula is C26H23FN4O2S. The van der Waals surface area contributed by atoms with Gasteiger partial charge in [-0.3, -0.25) is 9.78 Å². The molecule has 6 nitrogen and oxygen atoms in total. The van der Waals surface area contributed by atoms with E-state index in [2.05, 4.69) is 10.3 Å². The summed E-state index contributed by atoms with van der Waals surface area (Å²) >= 11 is 0. The summed E-state index contributed by atoms with van der Waals surface area (Å²) in [4.78, 5) is 17.5. The summed E-state index contributed by atoms with van der Waals surface area (Å²) in [5.41, 5.74) is 9.63. The molecule has 172 valence electrons. The number of nitrogens with two attached hydrogens (primary N) is 1. The number of benzene rings is 3. The zero-order chi connectivity index (χ0) is 24.3. The van der Waals surface area contributed by atoms with E-state index in [9.17, 15) is 13.4 Å². The van der Waals surface area contributed by atoms with Crippen molar-refractivity contribution in [1.29, 1.82) is 4.78 Å². The van der Waals surface area contributed by atoms with E-state index in [1.807, 2.05) is 6.92 Å². The number of aromatic nitrogens is 1. The minimum atomic E-state index is -3.26. The van der Waals surface area contributed by atoms with Gasteiger partial charge in [0.1, 0.15) is 15.5 Å². The molecule has 0 fully saturated rings. The van der Waals surface area contributed by atoms with E-state index in [1.54, 1.807) is 42.6 Å². The highest BCUT2D eigenvalue weighted by atomic mass is 32.2. The maximum absolute atomic E-state index is 13.2. The molecule has 3 aromatic carbocycles. The van der Waals surface area contributed by atoms with Crippen molar-refractivity contribution >= 4 is 27.0 Å². The molecule has 0 saturated carbocycles. The van der Waals surface area contributed by atoms with Crippen LogP contribution in [0.1, 0.15) is 22.8 Å². The molecule has 0 bridgehead atoms. The molecule has 0 spiro atoms. The molecule has 1 amide bonds. The van der Waals surface area contributed by atoms with E-state index in [1.165, 1.54) is 42.6 Å². The molecular weight excluding hydrogens is 451 g/mol. The zero-order valence-electron chi connectivity index (χ0n) is 18.4. The minimum Gasteiger partial charge on any atom is -0.397 e. The number of aryl methyl sites for hydroxylation is 1. The fraction of sp³-hybridized carbons (Fsp3) is 0.0769. The lowest BCUT2D eigenvalue weighted by Gasteiger charge is -2.12. The van der Waals surface area contributed by atoms with Gasteiger partial charge in [0.25, 0.3) is 5.91 Å². The number of anilines is 2. The first-order valence-corrected chi connectivity index (χ1v) is 12.1. The highest BCUT2D eigenvalue weighted by Crippen LogP contribution is 2.28. The number of halogens is 1. The van der Waals surface area contributed by atoms with Crippen LogP contribution in [-0.2, 0) is 16.1 Å². The molecule has 1 heterocycles. The number of nitrogens with zero attached hydrogens (tertiary/aromatic N) is 1. The third-order valence-electron chi connectivity index (χ3n) is 5.44. The van der Waals surface area contributed by atoms with Gasteiger partial charge in [0.05, 0.1) is 21.2 Å². The first-order valence-electron chi connectivity index (χ1n) is 10.6. The van der Waals surface area contributed by atoms with Crippen LogP contribution in [0.2, 0.25) is 0 Å². The predicted octanol–water partition coefficient (Wildman–Crippen LogP) is 5.75. The molecule has 8 heteroatoms. The van der Waals surface area contributed by atoms with Gasteiger partial charge in [-0.25, -0.2) is 13.4 Å². The van der Waals surface area contributed by atoms with E-state index in [0.29, 0.717) is 21.8 Å². The Labute approximate surface area is 197 Å². The van der Waals surface area contributed by atoms with E-state index < -0.39 is 15.6 Å². The van der Waals surface area contributed by atoms with Gasteiger partial charge >= 0.3 is 0 Å². The standard InChI is InChI=1S/C26H23FN4O2S/c1-2-17-13-23(16-30-15-17)34(29,33)22-10-5-19(6-11-22)26(32)31-25-14-20(7-12-24(25)28)18-3-8-21(27)9-4-18/h3-16,29H,2,28H2,1H3,(H,31,32). The van der Waals surface area contributed by atoms with Gasteiger partial charge < -0.3 is 11.1 Å². The van der Waals surface area contributed by atoms with Crippen molar-refractivity contribution in [3.8, 4) is 11.1 Å². The number of carbonyl (C=O) groups is 1. The lowest BCUT2D eigenvalue weighted by Crippen LogP contribution is -2.13. The monoisotopic (exact) mass is 474 g/mol. The molecule has 0 radical (unpaired) electrons. The Hall–Kier alpha value is -4.04. The number of pyridine rings is 1. The van der Waals surface area contributed by atoms with Crippen LogP contribution in [0.5, 0.6) is 0 Å². The lowest BCUT2D eigenvalue weighted by atomic mass is 10.0. The summed E-state index contributed by atoms with van der Waals surface area (Å²) in [6.07, 6.45) is 3.84. The van der Waals surface area contributed by atoms with Crippen molar-refractivity contribution in [2.24, 2.45) is 0 Å². The number of hydrogen-bond acceptors (Lipinski definition) is 5. The lowest BCUT2D eigenvalue weighted by molar-refractivity contribution is 0.102. The molecule has 1 unspecified atom stereocenters. The third-order valence-corrected chi connectivity index (χ3v) is 7.26. The van der Waals surface area contributed by atoms with Gasteiger partial charge in [0.2, 0.25) is 0 Å². The van der Waals surface area contributed by atoms with Crippen LogP contribution in [0, 0.1) is 10.6 Å². The van der Waals surface area contributed by atoms with Crippen LogP contribution in [0.15, 0.2) is 95.0 Å². The number of amides is 1. The Morgan fingerprint density at radius 1 is 0.971 bits per heavy atom. The fourth-order valence-corrected chi connectivity index (χ4v) is 4.75. The predicted molar refractivity (Wildman–Crippen MR) is 132 cm³/mol. The quantitative estimate of drug-likeness (QED) is 0.309. The maximum Gasteiger partial charge on any atom is 0.255 e. The van der Waals surface area contributed by atoms with Crippen LogP contribution in [0.3, 0.4) is 0 Å². The fourth-order valence-electron chi connectivity index (χ4n) is 3.43. The van der Waals surface area contributed by atoms with Crippen molar-refractivity contribution in [2.75, 3.05) is 11.1 Å². The number of carbonyl (C=O) groups excluding carboxylic acids is 1. The molecule has 4 rings (SSSR count). The number of nitrogen functional groups attached to an aromatic ring is 1. The molecule has 0 aliphatic rings. The average molecular weight is 475 g/mol. The second kappa shape index (κ2) is 9.44. The summed E-state index contributed by atoms with van der Waals surface area (Å²) in [6, 6.07) is 19.0. The highest BCUT2D eigenvalue weighted by molar-refractivity contribution is 7.92. The minimum absolute atomic E-state index is 0.289. The van der Waals surface area contributed by atoms with Gasteiger partial charge in [-0.2, -0.15) is 0 Å². The van der Waals surface area contributed by atoms with Crippen LogP contribution in [0.25, 0.3) is 11.1 Å². The average Bonchev–Trinajstić information content (AvgIpc) is 2.86. The Balaban J connectivity index is 1.55. The summed E-state index contributed by atoms with van der Waals surface area (Å²) < 4.78 is 34.8. The van der Waals surface area contributed by atoms with Crippen molar-refractivity contribution < 1.29 is 13.4 Å². The van der Waals surface area contributed by atoms with E-state index in [-0.39, 0.29) is 10.7 Å². The largest absolute Gasteiger partial charge is 0.397 e. The van der Waals surface area contributed by atoms with Crippen molar-refractivity contribution in [3.63, 3.8) is 0 Å².